The van der Waals surface area contributed by atoms with Crippen molar-refractivity contribution in [3.05, 3.63) is 179 Å². The third-order valence-corrected chi connectivity index (χ3v) is 9.76. The topological polar surface area (TPSA) is 40.6 Å². The van der Waals surface area contributed by atoms with Crippen LogP contribution in [0.3, 0.4) is 0 Å². The van der Waals surface area contributed by atoms with Crippen LogP contribution >= 0.6 is 0 Å². The number of rotatable bonds is 12. The number of nitrogens with zero attached hydrogens (tertiary/aromatic N) is 2. The van der Waals surface area contributed by atoms with Crippen molar-refractivity contribution in [2.45, 2.75) is 107 Å². The zero-order valence-corrected chi connectivity index (χ0v) is 38.3. The molecule has 4 aromatic rings. The van der Waals surface area contributed by atoms with E-state index in [9.17, 15) is 27.2 Å². The van der Waals surface area contributed by atoms with Crippen molar-refractivity contribution >= 4 is 23.2 Å². The van der Waals surface area contributed by atoms with Gasteiger partial charge in [0, 0.05) is 47.2 Å². The maximum atomic E-state index is 14.3. The molecular formula is C52H58F4N2O2Ti. The molecule has 0 atom stereocenters. The van der Waals surface area contributed by atoms with Crippen LogP contribution in [0.5, 0.6) is 0 Å². The molecule has 0 saturated heterocycles. The van der Waals surface area contributed by atoms with Crippen LogP contribution in [0.4, 0.5) is 28.9 Å². The molecular weight excluding hydrogens is 808 g/mol. The van der Waals surface area contributed by atoms with Crippen LogP contribution in [0.2, 0.25) is 0 Å². The van der Waals surface area contributed by atoms with Gasteiger partial charge in [0.15, 0.2) is 0 Å². The Morgan fingerprint density at radius 3 is 1.16 bits per heavy atom. The van der Waals surface area contributed by atoms with Crippen molar-refractivity contribution in [3.8, 4) is 0 Å². The van der Waals surface area contributed by atoms with Crippen LogP contribution in [-0.4, -0.2) is 11.8 Å². The summed E-state index contributed by atoms with van der Waals surface area (Å²) in [6.45, 7) is 15.8. The minimum atomic E-state index is -0.854. The van der Waals surface area contributed by atoms with Crippen LogP contribution in [-0.2, 0) is 44.4 Å². The molecule has 320 valence electrons. The van der Waals surface area contributed by atoms with E-state index >= 15 is 0 Å². The zero-order chi connectivity index (χ0) is 44.3. The number of hydrogen-bond acceptors (Lipinski definition) is 2. The Hall–Kier alpha value is -4.79. The van der Waals surface area contributed by atoms with Crippen molar-refractivity contribution in [2.24, 2.45) is 10.8 Å². The van der Waals surface area contributed by atoms with E-state index in [-0.39, 0.29) is 58.0 Å². The molecule has 4 nitrogen and oxygen atoms in total. The molecule has 0 unspecified atom stereocenters. The monoisotopic (exact) mass is 866 g/mol. The van der Waals surface area contributed by atoms with E-state index in [2.05, 4.69) is 24.3 Å². The second kappa shape index (κ2) is 25.9. The van der Waals surface area contributed by atoms with Gasteiger partial charge in [-0.25, -0.2) is 41.9 Å². The molecule has 0 saturated carbocycles. The number of carbonyl (C=O) groups excluding carboxylic acids is 2. The molecule has 0 N–H and O–H groups in total. The number of halogens is 4. The molecule has 2 aliphatic carbocycles. The molecule has 6 rings (SSSR count). The normalized spacial score (nSPS) is 12.3. The minimum absolute atomic E-state index is 0. The van der Waals surface area contributed by atoms with E-state index in [1.165, 1.54) is 21.9 Å². The van der Waals surface area contributed by atoms with Gasteiger partial charge < -0.3 is 9.80 Å². The maximum absolute atomic E-state index is 14.3. The number of carbonyl (C=O) groups is 2. The van der Waals surface area contributed by atoms with Crippen LogP contribution in [0.1, 0.15) is 102 Å². The van der Waals surface area contributed by atoms with Gasteiger partial charge in [-0.1, -0.05) is 114 Å². The first-order valence-electron chi connectivity index (χ1n) is 20.4. The predicted octanol–water partition coefficient (Wildman–Crippen LogP) is 13.5. The third-order valence-electron chi connectivity index (χ3n) is 9.76. The van der Waals surface area contributed by atoms with Crippen molar-refractivity contribution < 1.29 is 48.9 Å². The number of allylic oxidation sites excluding steroid dienone is 8. The van der Waals surface area contributed by atoms with E-state index in [0.29, 0.717) is 12.8 Å². The summed E-state index contributed by atoms with van der Waals surface area (Å²) in [6.07, 6.45) is 23.1. The second-order valence-electron chi connectivity index (χ2n) is 16.0. The van der Waals surface area contributed by atoms with E-state index < -0.39 is 34.1 Å². The number of aryl methyl sites for hydroxylation is 2. The fourth-order valence-corrected chi connectivity index (χ4v) is 6.45. The fourth-order valence-electron chi connectivity index (χ4n) is 6.45. The summed E-state index contributed by atoms with van der Waals surface area (Å²) < 4.78 is 55.1. The fraction of sp³-hybridized carbons (Fsp3) is 0.346. The molecule has 4 aromatic carbocycles. The smallest absolute Gasteiger partial charge is 0.359 e. The van der Waals surface area contributed by atoms with Crippen LogP contribution in [0, 0.1) is 72.2 Å². The summed E-state index contributed by atoms with van der Waals surface area (Å²) in [5.41, 5.74) is 2.81. The molecule has 0 heterocycles. The van der Waals surface area contributed by atoms with E-state index in [1.807, 2.05) is 140 Å². The van der Waals surface area contributed by atoms with Crippen molar-refractivity contribution in [1.29, 1.82) is 0 Å². The molecule has 61 heavy (non-hydrogen) atoms. The molecule has 0 bridgehead atoms. The largest absolute Gasteiger partial charge is 4.00 e. The van der Waals surface area contributed by atoms with Crippen LogP contribution < -0.4 is 9.80 Å². The van der Waals surface area contributed by atoms with Gasteiger partial charge in [0.1, 0.15) is 0 Å². The minimum Gasteiger partial charge on any atom is -0.359 e. The SMILES string of the molecule is CCCC(C)(C)C(=O)N(Cc1ccc(C)cc1)c1ccc(F)[c-]c1F.CCCC(C)(C)C(=O)N(Cc1ccc(C)cc1)c1ccc(F)[c-]c1F.[C-]1=CC=CC1.[C-]1=CC=CC1.[Ti+4]. The first-order chi connectivity index (χ1) is 28.5. The standard InChI is InChI=1S/2C21H24F2NO.2C5H5.Ti/c2*1-5-12-21(3,4)20(25)24(14-16-8-6-15(2)7-9-16)19-11-10-17(22)13-18(19)23;2*1-2-4-5-3-1;/h2*6-11H,5,12,14H2,1-4H3;2*1-3H,4H2;/q4*-1;+4. The summed E-state index contributed by atoms with van der Waals surface area (Å²) in [7, 11) is 0. The summed E-state index contributed by atoms with van der Waals surface area (Å²) in [5.74, 6) is -3.64. The number of amides is 2. The van der Waals surface area contributed by atoms with Gasteiger partial charge in [0.25, 0.3) is 0 Å². The Balaban J connectivity index is 0.000000335. The predicted molar refractivity (Wildman–Crippen MR) is 236 cm³/mol. The Morgan fingerprint density at radius 2 is 0.918 bits per heavy atom. The van der Waals surface area contributed by atoms with Gasteiger partial charge in [-0.15, -0.1) is 49.2 Å². The van der Waals surface area contributed by atoms with Gasteiger partial charge in [-0.05, 0) is 49.2 Å². The molecule has 0 aliphatic heterocycles. The Kier molecular flexibility index (Phi) is 22.2. The first-order valence-corrected chi connectivity index (χ1v) is 20.4. The molecule has 0 aromatic heterocycles. The van der Waals surface area contributed by atoms with E-state index in [1.54, 1.807) is 0 Å². The average Bonchev–Trinajstić information content (AvgIpc) is 3.99. The quantitative estimate of drug-likeness (QED) is 0.0809. The molecule has 0 fully saturated rings. The van der Waals surface area contributed by atoms with Crippen molar-refractivity contribution in [3.63, 3.8) is 0 Å². The second-order valence-corrected chi connectivity index (χ2v) is 16.0. The molecule has 2 aliphatic rings. The summed E-state index contributed by atoms with van der Waals surface area (Å²) in [6, 6.07) is 24.3. The summed E-state index contributed by atoms with van der Waals surface area (Å²) in [5, 5.41) is 0. The Bertz CT molecular complexity index is 1930. The van der Waals surface area contributed by atoms with Gasteiger partial charge in [-0.3, -0.25) is 21.7 Å². The van der Waals surface area contributed by atoms with E-state index in [4.69, 9.17) is 0 Å². The Labute approximate surface area is 377 Å². The third kappa shape index (κ3) is 17.2. The van der Waals surface area contributed by atoms with Crippen molar-refractivity contribution in [2.75, 3.05) is 9.80 Å². The van der Waals surface area contributed by atoms with Crippen LogP contribution in [0.15, 0.2) is 109 Å². The zero-order valence-electron chi connectivity index (χ0n) is 36.8. The molecule has 0 radical (unpaired) electrons. The molecule has 9 heteroatoms. The van der Waals surface area contributed by atoms with Crippen molar-refractivity contribution in [1.82, 2.24) is 0 Å². The van der Waals surface area contributed by atoms with Gasteiger partial charge in [0.05, 0.1) is 0 Å². The van der Waals surface area contributed by atoms with Crippen LogP contribution in [0.25, 0.3) is 0 Å². The molecule has 0 spiro atoms. The average molecular weight is 867 g/mol. The van der Waals surface area contributed by atoms with Gasteiger partial charge in [-0.2, -0.15) is 12.2 Å². The maximum Gasteiger partial charge on any atom is 4.00 e. The molecule has 2 amide bonds. The Morgan fingerprint density at radius 1 is 0.574 bits per heavy atom. The summed E-state index contributed by atoms with van der Waals surface area (Å²) >= 11 is 0. The van der Waals surface area contributed by atoms with E-state index in [0.717, 1.165) is 60.1 Å². The number of anilines is 2. The van der Waals surface area contributed by atoms with Gasteiger partial charge in [0.2, 0.25) is 11.8 Å². The first kappa shape index (κ1) is 52.4. The summed E-state index contributed by atoms with van der Waals surface area (Å²) in [4.78, 5) is 29.0. The number of hydrogen-bond donors (Lipinski definition) is 0. The number of benzene rings is 4. The van der Waals surface area contributed by atoms with Gasteiger partial charge >= 0.3 is 21.7 Å².